The van der Waals surface area contributed by atoms with Gasteiger partial charge in [0.2, 0.25) is 0 Å². The van der Waals surface area contributed by atoms with Crippen molar-refractivity contribution in [3.05, 3.63) is 0 Å². The molecular formula is C14H27N. The second-order valence-corrected chi connectivity index (χ2v) is 6.95. The highest BCUT2D eigenvalue weighted by Gasteiger charge is 2.56. The number of hydrogen-bond donors (Lipinski definition) is 0. The van der Waals surface area contributed by atoms with E-state index < -0.39 is 0 Å². The number of hydrogen-bond acceptors (Lipinski definition) is 1. The van der Waals surface area contributed by atoms with Crippen molar-refractivity contribution in [2.24, 2.45) is 17.3 Å². The largest absolute Gasteiger partial charge is 0.297 e. The minimum absolute atomic E-state index is 0.476. The summed E-state index contributed by atoms with van der Waals surface area (Å²) in [5.74, 6) is 1.88. The molecule has 0 aliphatic carbocycles. The minimum atomic E-state index is 0.476. The molecule has 2 aliphatic rings. The first-order chi connectivity index (χ1) is 6.89. The monoisotopic (exact) mass is 209 g/mol. The fourth-order valence-electron chi connectivity index (χ4n) is 4.69. The van der Waals surface area contributed by atoms with Crippen LogP contribution in [0.2, 0.25) is 0 Å². The molecule has 0 saturated carbocycles. The van der Waals surface area contributed by atoms with Crippen molar-refractivity contribution < 1.29 is 0 Å². The number of fused-ring (bicyclic) bond motifs is 2. The van der Waals surface area contributed by atoms with Crippen LogP contribution in [0.5, 0.6) is 0 Å². The Morgan fingerprint density at radius 1 is 1.33 bits per heavy atom. The van der Waals surface area contributed by atoms with E-state index in [2.05, 4.69) is 39.5 Å². The Balaban J connectivity index is 2.27. The Morgan fingerprint density at radius 2 is 2.00 bits per heavy atom. The lowest BCUT2D eigenvalue weighted by Gasteiger charge is -2.48. The van der Waals surface area contributed by atoms with Gasteiger partial charge in [0.25, 0.3) is 0 Å². The molecule has 0 amide bonds. The maximum atomic E-state index is 2.77. The Hall–Kier alpha value is -0.0400. The van der Waals surface area contributed by atoms with Gasteiger partial charge in [0.05, 0.1) is 0 Å². The van der Waals surface area contributed by atoms with Crippen LogP contribution in [0.3, 0.4) is 0 Å². The Morgan fingerprint density at radius 3 is 2.53 bits per heavy atom. The first-order valence-corrected chi connectivity index (χ1v) is 6.64. The highest BCUT2D eigenvalue weighted by atomic mass is 15.3. The topological polar surface area (TPSA) is 3.24 Å². The van der Waals surface area contributed by atoms with E-state index in [1.54, 1.807) is 0 Å². The van der Waals surface area contributed by atoms with Crippen LogP contribution in [0.25, 0.3) is 0 Å². The number of piperidine rings is 1. The molecule has 2 fully saturated rings. The third-order valence-electron chi connectivity index (χ3n) is 4.78. The van der Waals surface area contributed by atoms with E-state index in [1.807, 2.05) is 0 Å². The van der Waals surface area contributed by atoms with Gasteiger partial charge in [-0.25, -0.2) is 0 Å². The molecule has 88 valence electrons. The van der Waals surface area contributed by atoms with Gasteiger partial charge in [0.15, 0.2) is 0 Å². The zero-order chi connectivity index (χ0) is 11.3. The van der Waals surface area contributed by atoms with E-state index in [0.29, 0.717) is 11.0 Å². The molecule has 0 aromatic heterocycles. The average molecular weight is 209 g/mol. The van der Waals surface area contributed by atoms with Crippen molar-refractivity contribution in [3.8, 4) is 0 Å². The molecule has 1 heteroatoms. The number of rotatable bonds is 2. The van der Waals surface area contributed by atoms with Gasteiger partial charge in [-0.1, -0.05) is 34.1 Å². The van der Waals surface area contributed by atoms with Gasteiger partial charge in [-0.15, -0.1) is 0 Å². The zero-order valence-corrected chi connectivity index (χ0v) is 11.1. The van der Waals surface area contributed by atoms with Gasteiger partial charge in [0.1, 0.15) is 0 Å². The lowest BCUT2D eigenvalue weighted by Crippen LogP contribution is -2.52. The van der Waals surface area contributed by atoms with Gasteiger partial charge >= 0.3 is 0 Å². The van der Waals surface area contributed by atoms with Crippen LogP contribution in [-0.2, 0) is 0 Å². The molecule has 2 aliphatic heterocycles. The summed E-state index contributed by atoms with van der Waals surface area (Å²) in [6.45, 7) is 14.9. The maximum Gasteiger partial charge on any atom is 0.0217 e. The second kappa shape index (κ2) is 3.48. The fraction of sp³-hybridized carbons (Fsp3) is 1.00. The van der Waals surface area contributed by atoms with Crippen molar-refractivity contribution in [3.63, 3.8) is 0 Å². The van der Waals surface area contributed by atoms with Gasteiger partial charge in [-0.3, -0.25) is 4.90 Å². The van der Waals surface area contributed by atoms with Crippen molar-refractivity contribution >= 4 is 0 Å². The molecule has 0 aromatic carbocycles. The molecule has 15 heavy (non-hydrogen) atoms. The minimum Gasteiger partial charge on any atom is -0.297 e. The fourth-order valence-corrected chi connectivity index (χ4v) is 4.69. The van der Waals surface area contributed by atoms with E-state index in [1.165, 1.54) is 32.4 Å². The third-order valence-corrected chi connectivity index (χ3v) is 4.78. The third kappa shape index (κ3) is 1.63. The zero-order valence-electron chi connectivity index (χ0n) is 11.1. The van der Waals surface area contributed by atoms with Crippen LogP contribution in [0, 0.1) is 17.3 Å². The summed E-state index contributed by atoms with van der Waals surface area (Å²) in [7, 11) is 0. The SMILES string of the molecule is CCCC1(C)C(C(C)(C)C)C2CCN1C2. The summed E-state index contributed by atoms with van der Waals surface area (Å²) >= 11 is 0. The van der Waals surface area contributed by atoms with Crippen LogP contribution in [-0.4, -0.2) is 23.5 Å². The average Bonchev–Trinajstić information content (AvgIpc) is 2.59. The molecule has 0 radical (unpaired) electrons. The lowest BCUT2D eigenvalue weighted by molar-refractivity contribution is 0.0182. The first-order valence-electron chi connectivity index (χ1n) is 6.64. The molecule has 2 saturated heterocycles. The Labute approximate surface area is 95.2 Å². The molecule has 2 rings (SSSR count). The quantitative estimate of drug-likeness (QED) is 0.672. The molecule has 2 heterocycles. The molecule has 0 N–H and O–H groups in total. The highest BCUT2D eigenvalue weighted by molar-refractivity contribution is 5.09. The van der Waals surface area contributed by atoms with Crippen molar-refractivity contribution in [1.29, 1.82) is 0 Å². The summed E-state index contributed by atoms with van der Waals surface area (Å²) in [5, 5.41) is 0. The van der Waals surface area contributed by atoms with Gasteiger partial charge in [-0.05, 0) is 43.6 Å². The number of nitrogens with zero attached hydrogens (tertiary/aromatic N) is 1. The van der Waals surface area contributed by atoms with Gasteiger partial charge < -0.3 is 0 Å². The van der Waals surface area contributed by atoms with E-state index >= 15 is 0 Å². The smallest absolute Gasteiger partial charge is 0.0217 e. The first kappa shape index (κ1) is 11.4. The van der Waals surface area contributed by atoms with Gasteiger partial charge in [0, 0.05) is 12.1 Å². The predicted octanol–water partition coefficient (Wildman–Crippen LogP) is 3.54. The molecular weight excluding hydrogens is 182 g/mol. The molecule has 1 nitrogen and oxygen atoms in total. The normalized spacial score (nSPS) is 45.0. The summed E-state index contributed by atoms with van der Waals surface area (Å²) in [4.78, 5) is 2.77. The van der Waals surface area contributed by atoms with Crippen molar-refractivity contribution in [2.75, 3.05) is 13.1 Å². The van der Waals surface area contributed by atoms with E-state index in [-0.39, 0.29) is 0 Å². The van der Waals surface area contributed by atoms with Crippen molar-refractivity contribution in [1.82, 2.24) is 4.90 Å². The van der Waals surface area contributed by atoms with E-state index in [9.17, 15) is 0 Å². The van der Waals surface area contributed by atoms with Crippen LogP contribution < -0.4 is 0 Å². The second-order valence-electron chi connectivity index (χ2n) is 6.95. The molecule has 4 unspecified atom stereocenters. The summed E-state index contributed by atoms with van der Waals surface area (Å²) < 4.78 is 0. The summed E-state index contributed by atoms with van der Waals surface area (Å²) in [6.07, 6.45) is 4.15. The molecule has 0 spiro atoms. The highest BCUT2D eigenvalue weighted by Crippen LogP contribution is 2.54. The Bertz CT molecular complexity index is 240. The predicted molar refractivity (Wildman–Crippen MR) is 65.9 cm³/mol. The maximum absolute atomic E-state index is 2.77. The molecule has 2 bridgehead atoms. The van der Waals surface area contributed by atoms with E-state index in [0.717, 1.165) is 11.8 Å². The summed E-state index contributed by atoms with van der Waals surface area (Å²) in [6, 6.07) is 0. The van der Waals surface area contributed by atoms with Crippen LogP contribution >= 0.6 is 0 Å². The van der Waals surface area contributed by atoms with E-state index in [4.69, 9.17) is 0 Å². The van der Waals surface area contributed by atoms with Crippen LogP contribution in [0.1, 0.15) is 53.9 Å². The molecule has 4 atom stereocenters. The lowest BCUT2D eigenvalue weighted by atomic mass is 9.63. The molecule has 0 aromatic rings. The van der Waals surface area contributed by atoms with Crippen LogP contribution in [0.4, 0.5) is 0 Å². The van der Waals surface area contributed by atoms with Crippen LogP contribution in [0.15, 0.2) is 0 Å². The summed E-state index contributed by atoms with van der Waals surface area (Å²) in [5.41, 5.74) is 0.972. The standard InChI is InChI=1S/C14H27N/c1-6-8-14(5)12(13(2,3)4)11-7-9-15(14)10-11/h11-12H,6-10H2,1-5H3. The van der Waals surface area contributed by atoms with Gasteiger partial charge in [-0.2, -0.15) is 0 Å². The Kier molecular flexibility index (Phi) is 2.65. The van der Waals surface area contributed by atoms with Crippen molar-refractivity contribution in [2.45, 2.75) is 59.4 Å².